The van der Waals surface area contributed by atoms with Gasteiger partial charge >= 0.3 is 0 Å². The number of hydrogen-bond acceptors (Lipinski definition) is 5. The zero-order valence-electron chi connectivity index (χ0n) is 11.7. The van der Waals surface area contributed by atoms with Crippen LogP contribution in [0.15, 0.2) is 47.0 Å². The standard InChI is InChI=1S/C16H11N3O2S/c1-9-8-13(21-19-9)15(20)18-16-17-12-7-6-10-4-2-3-5-11(10)14(12)22-16/h2-8H,1H3,(H,17,18,20). The Morgan fingerprint density at radius 3 is 2.91 bits per heavy atom. The molecule has 1 amide bonds. The van der Waals surface area contributed by atoms with E-state index in [0.29, 0.717) is 10.8 Å². The summed E-state index contributed by atoms with van der Waals surface area (Å²) in [5.41, 5.74) is 1.54. The number of nitrogens with one attached hydrogen (secondary N) is 1. The average Bonchev–Trinajstić information content (AvgIpc) is 3.13. The van der Waals surface area contributed by atoms with Crippen LogP contribution in [0.3, 0.4) is 0 Å². The first-order valence-corrected chi connectivity index (χ1v) is 7.55. The molecule has 1 N–H and O–H groups in total. The van der Waals surface area contributed by atoms with Crippen LogP contribution in [0.4, 0.5) is 5.13 Å². The number of carbonyl (C=O) groups is 1. The third-order valence-electron chi connectivity index (χ3n) is 3.35. The van der Waals surface area contributed by atoms with Crippen LogP contribution in [0.25, 0.3) is 21.0 Å². The van der Waals surface area contributed by atoms with E-state index in [1.807, 2.05) is 24.3 Å². The fraction of sp³-hybridized carbons (Fsp3) is 0.0625. The second kappa shape index (κ2) is 4.92. The fourth-order valence-corrected chi connectivity index (χ4v) is 3.33. The van der Waals surface area contributed by atoms with Crippen molar-refractivity contribution in [2.45, 2.75) is 6.92 Å². The molecule has 2 aromatic carbocycles. The summed E-state index contributed by atoms with van der Waals surface area (Å²) < 4.78 is 6.01. The summed E-state index contributed by atoms with van der Waals surface area (Å²) in [6, 6.07) is 13.7. The van der Waals surface area contributed by atoms with Gasteiger partial charge in [-0.15, -0.1) is 0 Å². The van der Waals surface area contributed by atoms with Crippen molar-refractivity contribution in [1.82, 2.24) is 10.1 Å². The van der Waals surface area contributed by atoms with E-state index in [4.69, 9.17) is 4.52 Å². The maximum atomic E-state index is 12.1. The zero-order valence-corrected chi connectivity index (χ0v) is 12.5. The lowest BCUT2D eigenvalue weighted by atomic mass is 10.1. The molecule has 0 unspecified atom stereocenters. The lowest BCUT2D eigenvalue weighted by Gasteiger charge is -1.96. The number of thiazole rings is 1. The second-order valence-corrected chi connectivity index (χ2v) is 5.94. The van der Waals surface area contributed by atoms with Crippen LogP contribution in [0, 0.1) is 6.92 Å². The van der Waals surface area contributed by atoms with Crippen molar-refractivity contribution in [3.63, 3.8) is 0 Å². The van der Waals surface area contributed by atoms with Gasteiger partial charge in [-0.1, -0.05) is 46.8 Å². The van der Waals surface area contributed by atoms with Crippen LogP contribution >= 0.6 is 11.3 Å². The molecule has 0 atom stereocenters. The van der Waals surface area contributed by atoms with Gasteiger partial charge in [0.15, 0.2) is 5.13 Å². The zero-order chi connectivity index (χ0) is 15.1. The Morgan fingerprint density at radius 1 is 1.23 bits per heavy atom. The third-order valence-corrected chi connectivity index (χ3v) is 4.37. The number of nitrogens with zero attached hydrogens (tertiary/aromatic N) is 2. The molecule has 0 aliphatic rings. The largest absolute Gasteiger partial charge is 0.351 e. The van der Waals surface area contributed by atoms with Gasteiger partial charge in [0.05, 0.1) is 15.9 Å². The van der Waals surface area contributed by atoms with E-state index in [1.165, 1.54) is 11.3 Å². The van der Waals surface area contributed by atoms with E-state index in [1.54, 1.807) is 13.0 Å². The van der Waals surface area contributed by atoms with Gasteiger partial charge < -0.3 is 4.52 Å². The molecule has 0 spiro atoms. The highest BCUT2D eigenvalue weighted by Gasteiger charge is 2.15. The Labute approximate surface area is 129 Å². The minimum atomic E-state index is -0.344. The molecule has 22 heavy (non-hydrogen) atoms. The molecule has 6 heteroatoms. The van der Waals surface area contributed by atoms with Crippen molar-refractivity contribution in [3.8, 4) is 0 Å². The van der Waals surface area contributed by atoms with Crippen LogP contribution < -0.4 is 5.32 Å². The van der Waals surface area contributed by atoms with Gasteiger partial charge in [-0.25, -0.2) is 4.98 Å². The van der Waals surface area contributed by atoms with E-state index >= 15 is 0 Å². The molecule has 0 aliphatic carbocycles. The highest BCUT2D eigenvalue weighted by atomic mass is 32.1. The molecule has 0 bridgehead atoms. The number of aromatic nitrogens is 2. The molecular formula is C16H11N3O2S. The van der Waals surface area contributed by atoms with Crippen molar-refractivity contribution in [2.75, 3.05) is 5.32 Å². The summed E-state index contributed by atoms with van der Waals surface area (Å²) in [6.45, 7) is 1.77. The van der Waals surface area contributed by atoms with Crippen LogP contribution in [0.2, 0.25) is 0 Å². The van der Waals surface area contributed by atoms with Crippen LogP contribution in [-0.2, 0) is 0 Å². The van der Waals surface area contributed by atoms with Gasteiger partial charge in [0, 0.05) is 11.5 Å². The maximum Gasteiger partial charge on any atom is 0.296 e. The first kappa shape index (κ1) is 13.0. The topological polar surface area (TPSA) is 68.0 Å². The Kier molecular flexibility index (Phi) is 2.90. The highest BCUT2D eigenvalue weighted by molar-refractivity contribution is 7.23. The Hall–Kier alpha value is -2.73. The SMILES string of the molecule is Cc1cc(C(=O)Nc2nc3ccc4ccccc4c3s2)on1. The van der Waals surface area contributed by atoms with Gasteiger partial charge in [-0.05, 0) is 18.4 Å². The molecule has 2 heterocycles. The molecule has 108 valence electrons. The van der Waals surface area contributed by atoms with E-state index < -0.39 is 0 Å². The van der Waals surface area contributed by atoms with Crippen molar-refractivity contribution >= 4 is 43.4 Å². The minimum absolute atomic E-state index is 0.182. The number of hydrogen-bond donors (Lipinski definition) is 1. The lowest BCUT2D eigenvalue weighted by Crippen LogP contribution is -2.10. The molecule has 0 aliphatic heterocycles. The normalized spacial score (nSPS) is 11.1. The highest BCUT2D eigenvalue weighted by Crippen LogP contribution is 2.32. The number of amides is 1. The monoisotopic (exact) mass is 309 g/mol. The number of aryl methyl sites for hydroxylation is 1. The molecule has 4 rings (SSSR count). The molecular weight excluding hydrogens is 298 g/mol. The van der Waals surface area contributed by atoms with Crippen LogP contribution in [0.1, 0.15) is 16.2 Å². The number of rotatable bonds is 2. The summed E-state index contributed by atoms with van der Waals surface area (Å²) in [4.78, 5) is 16.5. The average molecular weight is 309 g/mol. The Bertz CT molecular complexity index is 1000. The molecule has 0 radical (unpaired) electrons. The summed E-state index contributed by atoms with van der Waals surface area (Å²) >= 11 is 1.45. The molecule has 0 saturated carbocycles. The summed E-state index contributed by atoms with van der Waals surface area (Å²) in [6.07, 6.45) is 0. The van der Waals surface area contributed by atoms with Crippen molar-refractivity contribution in [2.24, 2.45) is 0 Å². The first-order valence-electron chi connectivity index (χ1n) is 6.74. The summed E-state index contributed by atoms with van der Waals surface area (Å²) in [7, 11) is 0. The first-order chi connectivity index (χ1) is 10.7. The second-order valence-electron chi connectivity index (χ2n) is 4.94. The van der Waals surface area contributed by atoms with Crippen LogP contribution in [0.5, 0.6) is 0 Å². The number of carbonyl (C=O) groups excluding carboxylic acids is 1. The van der Waals surface area contributed by atoms with Gasteiger partial charge in [0.2, 0.25) is 5.76 Å². The molecule has 0 fully saturated rings. The van der Waals surface area contributed by atoms with Gasteiger partial charge in [0.25, 0.3) is 5.91 Å². The summed E-state index contributed by atoms with van der Waals surface area (Å²) in [5, 5.41) is 9.31. The predicted octanol–water partition coefficient (Wildman–Crippen LogP) is 4.00. The van der Waals surface area contributed by atoms with E-state index in [-0.39, 0.29) is 11.7 Å². The van der Waals surface area contributed by atoms with E-state index in [2.05, 4.69) is 27.6 Å². The Balaban J connectivity index is 1.73. The minimum Gasteiger partial charge on any atom is -0.351 e. The maximum absolute atomic E-state index is 12.1. The van der Waals surface area contributed by atoms with Gasteiger partial charge in [0.1, 0.15) is 0 Å². The molecule has 4 aromatic rings. The number of fused-ring (bicyclic) bond motifs is 3. The molecule has 0 saturated heterocycles. The van der Waals surface area contributed by atoms with Crippen molar-refractivity contribution in [3.05, 3.63) is 53.9 Å². The lowest BCUT2D eigenvalue weighted by molar-refractivity contribution is 0.0988. The van der Waals surface area contributed by atoms with Gasteiger partial charge in [-0.3, -0.25) is 10.1 Å². The van der Waals surface area contributed by atoms with Crippen molar-refractivity contribution < 1.29 is 9.32 Å². The van der Waals surface area contributed by atoms with Crippen molar-refractivity contribution in [1.29, 1.82) is 0 Å². The molecule has 2 aromatic heterocycles. The van der Waals surface area contributed by atoms with E-state index in [0.717, 1.165) is 21.0 Å². The van der Waals surface area contributed by atoms with E-state index in [9.17, 15) is 4.79 Å². The number of benzene rings is 2. The predicted molar refractivity (Wildman–Crippen MR) is 86.3 cm³/mol. The van der Waals surface area contributed by atoms with Crippen LogP contribution in [-0.4, -0.2) is 16.0 Å². The van der Waals surface area contributed by atoms with Gasteiger partial charge in [-0.2, -0.15) is 0 Å². The smallest absolute Gasteiger partial charge is 0.296 e. The number of anilines is 1. The Morgan fingerprint density at radius 2 is 2.09 bits per heavy atom. The summed E-state index contributed by atoms with van der Waals surface area (Å²) in [5.74, 6) is -0.162. The fourth-order valence-electron chi connectivity index (χ4n) is 2.34. The molecule has 5 nitrogen and oxygen atoms in total. The quantitative estimate of drug-likeness (QED) is 0.607. The third kappa shape index (κ3) is 2.14.